The van der Waals surface area contributed by atoms with Gasteiger partial charge in [0.25, 0.3) is 0 Å². The molecule has 53 heavy (non-hydrogen) atoms. The second-order valence-electron chi connectivity index (χ2n) is 12.3. The highest BCUT2D eigenvalue weighted by molar-refractivity contribution is 5.75. The monoisotopic (exact) mass is 763 g/mol. The lowest BCUT2D eigenvalue weighted by molar-refractivity contribution is -0.143. The fourth-order valence-corrected chi connectivity index (χ4v) is 5.26. The van der Waals surface area contributed by atoms with Crippen molar-refractivity contribution >= 4 is 11.9 Å². The topological polar surface area (TPSA) is 105 Å². The fraction of sp³-hybridized carbons (Fsp3) is 0.343. The molecule has 0 aliphatic rings. The van der Waals surface area contributed by atoms with Crippen molar-refractivity contribution in [1.29, 1.82) is 0 Å². The Bertz CT molecular complexity index is 1890. The summed E-state index contributed by atoms with van der Waals surface area (Å²) >= 11 is 0. The molecule has 0 spiro atoms. The number of methoxy groups -OCH3 is 1. The maximum Gasteiger partial charge on any atom is 0.416 e. The second-order valence-corrected chi connectivity index (χ2v) is 12.3. The van der Waals surface area contributed by atoms with E-state index in [1.807, 2.05) is 0 Å². The van der Waals surface area contributed by atoms with Gasteiger partial charge in [0.1, 0.15) is 11.6 Å². The predicted octanol–water partition coefficient (Wildman–Crippen LogP) is 9.03. The lowest BCUT2D eigenvalue weighted by Gasteiger charge is -2.27. The number of hydrogen-bond acceptors (Lipinski definition) is 7. The van der Waals surface area contributed by atoms with Gasteiger partial charge in [-0.15, -0.1) is 0 Å². The first-order valence-corrected chi connectivity index (χ1v) is 15.5. The molecule has 3 aromatic carbocycles. The lowest BCUT2D eigenvalue weighted by atomic mass is 9.90. The number of carbonyl (C=O) groups is 1. The molecule has 4 rings (SSSR count). The summed E-state index contributed by atoms with van der Waals surface area (Å²) in [5.74, 6) is -2.51. The molecule has 0 aliphatic carbocycles. The number of benzene rings is 3. The largest absolute Gasteiger partial charge is 0.496 e. The van der Waals surface area contributed by atoms with Crippen LogP contribution in [0, 0.1) is 5.82 Å². The summed E-state index contributed by atoms with van der Waals surface area (Å²) in [5.41, 5.74) is -7.29. The van der Waals surface area contributed by atoms with Crippen LogP contribution >= 0.6 is 0 Å². The van der Waals surface area contributed by atoms with Crippen molar-refractivity contribution in [2.75, 3.05) is 18.6 Å². The van der Waals surface area contributed by atoms with E-state index < -0.39 is 71.3 Å². The van der Waals surface area contributed by atoms with E-state index >= 15 is 4.39 Å². The molecule has 1 heterocycles. The van der Waals surface area contributed by atoms with E-state index in [4.69, 9.17) is 14.6 Å². The third-order valence-electron chi connectivity index (χ3n) is 7.75. The molecule has 18 heteroatoms. The number of alkyl halides is 9. The first kappa shape index (κ1) is 40.6. The average Bonchev–Trinajstić information content (AvgIpc) is 3.04. The van der Waals surface area contributed by atoms with Crippen molar-refractivity contribution in [2.24, 2.45) is 0 Å². The highest BCUT2D eigenvalue weighted by Crippen LogP contribution is 2.41. The van der Waals surface area contributed by atoms with Crippen LogP contribution in [0.1, 0.15) is 60.1 Å². The summed E-state index contributed by atoms with van der Waals surface area (Å²) in [7, 11) is 1.16. The van der Waals surface area contributed by atoms with Gasteiger partial charge in [-0.3, -0.25) is 4.79 Å². The van der Waals surface area contributed by atoms with Crippen LogP contribution in [-0.2, 0) is 42.0 Å². The molecule has 0 aliphatic heterocycles. The van der Waals surface area contributed by atoms with Gasteiger partial charge in [-0.25, -0.2) is 14.4 Å². The quantitative estimate of drug-likeness (QED) is 0.103. The Kier molecular flexibility index (Phi) is 11.9. The average molecular weight is 764 g/mol. The summed E-state index contributed by atoms with van der Waals surface area (Å²) in [6.07, 6.45) is -13.3. The van der Waals surface area contributed by atoms with Crippen molar-refractivity contribution in [1.82, 2.24) is 9.97 Å². The molecule has 0 bridgehead atoms. The van der Waals surface area contributed by atoms with Crippen molar-refractivity contribution < 1.29 is 68.4 Å². The van der Waals surface area contributed by atoms with Crippen LogP contribution in [0.15, 0.2) is 60.9 Å². The number of nitrogens with zero attached hydrogens (tertiary/aromatic N) is 3. The van der Waals surface area contributed by atoms with Crippen LogP contribution in [0.3, 0.4) is 0 Å². The van der Waals surface area contributed by atoms with Gasteiger partial charge in [0, 0.05) is 36.7 Å². The first-order valence-electron chi connectivity index (χ1n) is 15.5. The van der Waals surface area contributed by atoms with Crippen molar-refractivity contribution in [3.63, 3.8) is 0 Å². The molecule has 0 amide bonds. The summed E-state index contributed by atoms with van der Waals surface area (Å²) in [4.78, 5) is 20.0. The minimum absolute atomic E-state index is 0.000784. The Hall–Kier alpha value is -5.13. The van der Waals surface area contributed by atoms with E-state index in [0.717, 1.165) is 42.6 Å². The van der Waals surface area contributed by atoms with E-state index in [1.54, 1.807) is 0 Å². The zero-order valence-electron chi connectivity index (χ0n) is 28.0. The first-order chi connectivity index (χ1) is 24.5. The maximum absolute atomic E-state index is 15.0. The third kappa shape index (κ3) is 10.5. The molecular weight excluding hydrogens is 732 g/mol. The van der Waals surface area contributed by atoms with Gasteiger partial charge in [0.15, 0.2) is 5.75 Å². The molecule has 0 unspecified atom stereocenters. The van der Waals surface area contributed by atoms with Crippen LogP contribution in [0.2, 0.25) is 0 Å². The van der Waals surface area contributed by atoms with Crippen molar-refractivity contribution in [2.45, 2.75) is 63.9 Å². The number of aliphatic carboxylic acids is 1. The van der Waals surface area contributed by atoms with Gasteiger partial charge in [0.2, 0.25) is 5.95 Å². The minimum atomic E-state index is -5.21. The second kappa shape index (κ2) is 15.5. The Labute approximate surface area is 295 Å². The lowest BCUT2D eigenvalue weighted by Crippen LogP contribution is -2.26. The fourth-order valence-electron chi connectivity index (χ4n) is 5.26. The summed E-state index contributed by atoms with van der Waals surface area (Å²) in [6.45, 7) is 0.977. The summed E-state index contributed by atoms with van der Waals surface area (Å²) in [6, 6.07) is 5.32. The van der Waals surface area contributed by atoms with Crippen LogP contribution in [0.4, 0.5) is 49.9 Å². The highest BCUT2D eigenvalue weighted by atomic mass is 19.4. The molecule has 8 nitrogen and oxygen atoms in total. The zero-order chi connectivity index (χ0) is 39.5. The van der Waals surface area contributed by atoms with Crippen LogP contribution < -0.4 is 14.4 Å². The van der Waals surface area contributed by atoms with Crippen LogP contribution in [0.5, 0.6) is 11.5 Å². The van der Waals surface area contributed by atoms with Crippen molar-refractivity contribution in [3.8, 4) is 22.6 Å². The predicted molar refractivity (Wildman–Crippen MR) is 169 cm³/mol. The van der Waals surface area contributed by atoms with Gasteiger partial charge in [-0.05, 0) is 73.4 Å². The number of ether oxygens (including phenoxy) is 2. The Morgan fingerprint density at radius 2 is 1.38 bits per heavy atom. The van der Waals surface area contributed by atoms with Crippen LogP contribution in [0.25, 0.3) is 11.1 Å². The molecule has 4 aromatic rings. The molecule has 0 saturated heterocycles. The molecule has 286 valence electrons. The molecule has 2 N–H and O–H groups in total. The van der Waals surface area contributed by atoms with Gasteiger partial charge in [0.05, 0.1) is 48.4 Å². The number of carboxylic acid groups (broad SMARTS) is 1. The molecular formula is C35H31F10N3O5. The van der Waals surface area contributed by atoms with E-state index in [1.165, 1.54) is 13.8 Å². The Morgan fingerprint density at radius 1 is 0.792 bits per heavy atom. The number of rotatable bonds is 13. The normalized spacial score (nSPS) is 12.5. The SMILES string of the molecule is COc1cc(F)c(C(C)(C)O)cc1-c1ccc(C(F)(F)F)cc1CN(Cc1cc(C(F)(F)F)cc(C(F)(F)F)c1)c1ncc(OCCCC(=O)O)cn1. The molecule has 0 radical (unpaired) electrons. The third-order valence-corrected chi connectivity index (χ3v) is 7.75. The van der Waals surface area contributed by atoms with Gasteiger partial charge >= 0.3 is 24.5 Å². The molecule has 0 atom stereocenters. The highest BCUT2D eigenvalue weighted by Gasteiger charge is 2.37. The Balaban J connectivity index is 1.91. The number of hydrogen-bond donors (Lipinski definition) is 2. The summed E-state index contributed by atoms with van der Waals surface area (Å²) < 4.78 is 150. The van der Waals surface area contributed by atoms with Gasteiger partial charge in [-0.1, -0.05) is 6.07 Å². The smallest absolute Gasteiger partial charge is 0.416 e. The van der Waals surface area contributed by atoms with E-state index in [9.17, 15) is 49.4 Å². The van der Waals surface area contributed by atoms with Crippen molar-refractivity contribution in [3.05, 3.63) is 100 Å². The molecule has 1 aromatic heterocycles. The molecule has 0 saturated carbocycles. The summed E-state index contributed by atoms with van der Waals surface area (Å²) in [5, 5.41) is 19.4. The number of aliphatic hydroxyl groups is 1. The maximum atomic E-state index is 15.0. The van der Waals surface area contributed by atoms with Crippen LogP contribution in [-0.4, -0.2) is 39.9 Å². The number of anilines is 1. The van der Waals surface area contributed by atoms with Gasteiger partial charge < -0.3 is 24.6 Å². The number of halogens is 10. The van der Waals surface area contributed by atoms with E-state index in [-0.39, 0.29) is 65.2 Å². The minimum Gasteiger partial charge on any atom is -0.496 e. The molecule has 0 fully saturated rings. The Morgan fingerprint density at radius 3 is 1.89 bits per heavy atom. The number of carboxylic acids is 1. The number of aromatic nitrogens is 2. The van der Waals surface area contributed by atoms with Gasteiger partial charge in [-0.2, -0.15) is 39.5 Å². The standard InChI is InChI=1S/C35H31F10N3O5/c1-32(2,51)27-13-26(29(52-3)14-28(27)36)25-7-6-21(33(37,38)39)11-20(25)18-48(31-46-15-24(16-47-31)53-8-4-5-30(49)50)17-19-9-22(34(40,41)42)12-23(10-19)35(43,44)45/h6-7,9-16,51H,4-5,8,17-18H2,1-3H3,(H,49,50). The van der Waals surface area contributed by atoms with E-state index in [0.29, 0.717) is 24.3 Å². The zero-order valence-corrected chi connectivity index (χ0v) is 28.0. The van der Waals surface area contributed by atoms with E-state index in [2.05, 4.69) is 9.97 Å².